The zero-order valence-corrected chi connectivity index (χ0v) is 12.7. The molecule has 0 aliphatic rings. The molecule has 4 heteroatoms. The lowest BCUT2D eigenvalue weighted by Crippen LogP contribution is -2.33. The molecule has 1 aromatic heterocycles. The molecule has 0 fully saturated rings. The number of fused-ring (bicyclic) bond motifs is 2. The lowest BCUT2D eigenvalue weighted by molar-refractivity contribution is 0.157. The number of amides is 1. The van der Waals surface area contributed by atoms with Crippen LogP contribution in [0.4, 0.5) is 4.79 Å². The standard InChI is InChI=1S/C18H18N2O2/c1-3-20(4-2)18(21)22-15-9-10-17-14(12-15)11-13-7-5-6-8-16(13)19-17/h5-12H,3-4H2,1-2H3. The summed E-state index contributed by atoms with van der Waals surface area (Å²) in [4.78, 5) is 18.3. The predicted octanol–water partition coefficient (Wildman–Crippen LogP) is 4.23. The van der Waals surface area contributed by atoms with Crippen LogP contribution in [0.15, 0.2) is 48.5 Å². The summed E-state index contributed by atoms with van der Waals surface area (Å²) >= 11 is 0. The van der Waals surface area contributed by atoms with Crippen molar-refractivity contribution in [2.45, 2.75) is 13.8 Å². The van der Waals surface area contributed by atoms with E-state index in [-0.39, 0.29) is 6.09 Å². The first kappa shape index (κ1) is 14.3. The fourth-order valence-corrected chi connectivity index (χ4v) is 2.47. The molecular weight excluding hydrogens is 276 g/mol. The third-order valence-electron chi connectivity index (χ3n) is 3.71. The van der Waals surface area contributed by atoms with E-state index in [9.17, 15) is 4.79 Å². The van der Waals surface area contributed by atoms with Gasteiger partial charge in [-0.3, -0.25) is 0 Å². The fraction of sp³-hybridized carbons (Fsp3) is 0.222. The Bertz CT molecular complexity index is 826. The molecule has 0 aliphatic heterocycles. The van der Waals surface area contributed by atoms with Gasteiger partial charge in [-0.2, -0.15) is 0 Å². The summed E-state index contributed by atoms with van der Waals surface area (Å²) in [5.74, 6) is 0.543. The Hall–Kier alpha value is -2.62. The van der Waals surface area contributed by atoms with Gasteiger partial charge in [-0.05, 0) is 44.2 Å². The summed E-state index contributed by atoms with van der Waals surface area (Å²) in [6, 6.07) is 15.6. The average Bonchev–Trinajstić information content (AvgIpc) is 2.54. The van der Waals surface area contributed by atoms with Crippen LogP contribution < -0.4 is 4.74 Å². The molecule has 0 atom stereocenters. The van der Waals surface area contributed by atoms with E-state index >= 15 is 0 Å². The van der Waals surface area contributed by atoms with E-state index in [1.54, 1.807) is 11.0 Å². The fourth-order valence-electron chi connectivity index (χ4n) is 2.47. The van der Waals surface area contributed by atoms with Crippen LogP contribution in [0.25, 0.3) is 21.8 Å². The van der Waals surface area contributed by atoms with Crippen LogP contribution >= 0.6 is 0 Å². The molecule has 0 saturated heterocycles. The maximum Gasteiger partial charge on any atom is 0.415 e. The number of aromatic nitrogens is 1. The van der Waals surface area contributed by atoms with E-state index in [0.717, 1.165) is 21.8 Å². The van der Waals surface area contributed by atoms with Crippen molar-refractivity contribution in [3.63, 3.8) is 0 Å². The largest absolute Gasteiger partial charge is 0.415 e. The highest BCUT2D eigenvalue weighted by atomic mass is 16.6. The number of pyridine rings is 1. The molecule has 0 radical (unpaired) electrons. The van der Waals surface area contributed by atoms with Gasteiger partial charge in [0, 0.05) is 23.9 Å². The Morgan fingerprint density at radius 3 is 2.50 bits per heavy atom. The zero-order valence-electron chi connectivity index (χ0n) is 12.7. The van der Waals surface area contributed by atoms with Crippen LogP contribution in [0.5, 0.6) is 5.75 Å². The summed E-state index contributed by atoms with van der Waals surface area (Å²) < 4.78 is 5.44. The first-order valence-electron chi connectivity index (χ1n) is 7.47. The van der Waals surface area contributed by atoms with Crippen LogP contribution in [-0.4, -0.2) is 29.1 Å². The van der Waals surface area contributed by atoms with Crippen LogP contribution in [0, 0.1) is 0 Å². The quantitative estimate of drug-likeness (QED) is 0.679. The number of ether oxygens (including phenoxy) is 1. The second-order valence-corrected chi connectivity index (χ2v) is 5.08. The third kappa shape index (κ3) is 2.72. The zero-order chi connectivity index (χ0) is 15.5. The number of hydrogen-bond acceptors (Lipinski definition) is 3. The molecule has 0 N–H and O–H groups in total. The van der Waals surface area contributed by atoms with Crippen molar-refractivity contribution in [1.29, 1.82) is 0 Å². The summed E-state index contributed by atoms with van der Waals surface area (Å²) in [5, 5.41) is 2.03. The van der Waals surface area contributed by atoms with E-state index in [0.29, 0.717) is 18.8 Å². The smallest absolute Gasteiger partial charge is 0.410 e. The highest BCUT2D eigenvalue weighted by Gasteiger charge is 2.12. The van der Waals surface area contributed by atoms with E-state index in [1.165, 1.54) is 0 Å². The average molecular weight is 294 g/mol. The summed E-state index contributed by atoms with van der Waals surface area (Å²) in [6.45, 7) is 5.13. The maximum atomic E-state index is 12.0. The normalized spacial score (nSPS) is 10.8. The highest BCUT2D eigenvalue weighted by molar-refractivity contribution is 5.93. The molecule has 4 nitrogen and oxygen atoms in total. The van der Waals surface area contributed by atoms with Gasteiger partial charge < -0.3 is 9.64 Å². The van der Waals surface area contributed by atoms with Crippen molar-refractivity contribution in [2.75, 3.05) is 13.1 Å². The summed E-state index contributed by atoms with van der Waals surface area (Å²) in [6.07, 6.45) is -0.321. The third-order valence-corrected chi connectivity index (χ3v) is 3.71. The summed E-state index contributed by atoms with van der Waals surface area (Å²) in [5.41, 5.74) is 1.85. The van der Waals surface area contributed by atoms with Crippen LogP contribution in [0.2, 0.25) is 0 Å². The van der Waals surface area contributed by atoms with Crippen molar-refractivity contribution in [3.8, 4) is 5.75 Å². The topological polar surface area (TPSA) is 42.4 Å². The number of nitrogens with zero attached hydrogens (tertiary/aromatic N) is 2. The van der Waals surface area contributed by atoms with Crippen LogP contribution in [0.3, 0.4) is 0 Å². The Morgan fingerprint density at radius 2 is 1.73 bits per heavy atom. The molecule has 0 bridgehead atoms. The minimum Gasteiger partial charge on any atom is -0.410 e. The van der Waals surface area contributed by atoms with Gasteiger partial charge in [-0.15, -0.1) is 0 Å². The van der Waals surface area contributed by atoms with Gasteiger partial charge in [0.05, 0.1) is 11.0 Å². The molecule has 0 unspecified atom stereocenters. The van der Waals surface area contributed by atoms with E-state index in [1.807, 2.05) is 50.2 Å². The number of carbonyl (C=O) groups excluding carboxylic acids is 1. The molecule has 1 amide bonds. The molecule has 0 aliphatic carbocycles. The van der Waals surface area contributed by atoms with Crippen molar-refractivity contribution < 1.29 is 9.53 Å². The molecule has 1 heterocycles. The van der Waals surface area contributed by atoms with Gasteiger partial charge in [-0.25, -0.2) is 9.78 Å². The van der Waals surface area contributed by atoms with Crippen molar-refractivity contribution in [2.24, 2.45) is 0 Å². The molecule has 3 aromatic rings. The second kappa shape index (κ2) is 6.02. The molecule has 2 aromatic carbocycles. The van der Waals surface area contributed by atoms with Gasteiger partial charge in [0.1, 0.15) is 5.75 Å². The number of carbonyl (C=O) groups is 1. The van der Waals surface area contributed by atoms with Crippen LogP contribution in [-0.2, 0) is 0 Å². The van der Waals surface area contributed by atoms with Gasteiger partial charge in [0.2, 0.25) is 0 Å². The Balaban J connectivity index is 1.95. The maximum absolute atomic E-state index is 12.0. The summed E-state index contributed by atoms with van der Waals surface area (Å²) in [7, 11) is 0. The van der Waals surface area contributed by atoms with Crippen molar-refractivity contribution >= 4 is 27.9 Å². The Morgan fingerprint density at radius 1 is 1.00 bits per heavy atom. The number of para-hydroxylation sites is 1. The van der Waals surface area contributed by atoms with Crippen molar-refractivity contribution in [3.05, 3.63) is 48.5 Å². The van der Waals surface area contributed by atoms with Gasteiger partial charge in [0.25, 0.3) is 0 Å². The first-order chi connectivity index (χ1) is 10.7. The molecule has 22 heavy (non-hydrogen) atoms. The predicted molar refractivity (Wildman–Crippen MR) is 88.2 cm³/mol. The molecule has 0 spiro atoms. The lowest BCUT2D eigenvalue weighted by Gasteiger charge is -2.17. The van der Waals surface area contributed by atoms with Crippen molar-refractivity contribution in [1.82, 2.24) is 9.88 Å². The minimum atomic E-state index is -0.321. The minimum absolute atomic E-state index is 0.321. The molecular formula is C18H18N2O2. The molecule has 0 saturated carbocycles. The Labute approximate surface area is 129 Å². The van der Waals surface area contributed by atoms with Gasteiger partial charge in [0.15, 0.2) is 0 Å². The SMILES string of the molecule is CCN(CC)C(=O)Oc1ccc2nc3ccccc3cc2c1. The van der Waals surface area contributed by atoms with Gasteiger partial charge in [-0.1, -0.05) is 18.2 Å². The van der Waals surface area contributed by atoms with E-state index < -0.39 is 0 Å². The van der Waals surface area contributed by atoms with Crippen LogP contribution in [0.1, 0.15) is 13.8 Å². The van der Waals surface area contributed by atoms with E-state index in [2.05, 4.69) is 11.1 Å². The van der Waals surface area contributed by atoms with Gasteiger partial charge >= 0.3 is 6.09 Å². The second-order valence-electron chi connectivity index (χ2n) is 5.08. The van der Waals surface area contributed by atoms with E-state index in [4.69, 9.17) is 4.74 Å². The first-order valence-corrected chi connectivity index (χ1v) is 7.47. The highest BCUT2D eigenvalue weighted by Crippen LogP contribution is 2.24. The number of rotatable bonds is 3. The Kier molecular flexibility index (Phi) is 3.92. The molecule has 112 valence electrons. The number of benzene rings is 2. The lowest BCUT2D eigenvalue weighted by atomic mass is 10.1. The monoisotopic (exact) mass is 294 g/mol. The molecule has 3 rings (SSSR count). The number of hydrogen-bond donors (Lipinski definition) is 0.